The number of hydrogen-bond acceptors (Lipinski definition) is 3. The number of aryl methyl sites for hydroxylation is 1. The number of hydrogen-bond donors (Lipinski definition) is 1. The van der Waals surface area contributed by atoms with Crippen LogP contribution in [0.15, 0.2) is 48.8 Å². The molecule has 0 unspecified atom stereocenters. The van der Waals surface area contributed by atoms with E-state index in [1.54, 1.807) is 0 Å². The summed E-state index contributed by atoms with van der Waals surface area (Å²) in [4.78, 5) is 4.59. The van der Waals surface area contributed by atoms with Crippen LogP contribution in [0.25, 0.3) is 5.65 Å². The van der Waals surface area contributed by atoms with Gasteiger partial charge in [-0.2, -0.15) is 0 Å². The van der Waals surface area contributed by atoms with Gasteiger partial charge in [0, 0.05) is 18.8 Å². The first-order valence-corrected chi connectivity index (χ1v) is 7.11. The van der Waals surface area contributed by atoms with Crippen molar-refractivity contribution in [2.45, 2.75) is 20.0 Å². The fourth-order valence-electron chi connectivity index (χ4n) is 2.26. The van der Waals surface area contributed by atoms with Gasteiger partial charge < -0.3 is 14.9 Å². The number of ether oxygens (including phenoxy) is 1. The Bertz CT molecular complexity index is 731. The maximum atomic E-state index is 5.92. The van der Waals surface area contributed by atoms with E-state index in [0.717, 1.165) is 29.1 Å². The third-order valence-corrected chi connectivity index (χ3v) is 3.41. The van der Waals surface area contributed by atoms with Gasteiger partial charge in [-0.25, -0.2) is 4.98 Å². The molecule has 0 atom stereocenters. The first-order valence-electron chi connectivity index (χ1n) is 7.11. The Morgan fingerprint density at radius 1 is 1.19 bits per heavy atom. The molecule has 2 heterocycles. The van der Waals surface area contributed by atoms with Gasteiger partial charge in [0.15, 0.2) is 11.4 Å². The summed E-state index contributed by atoms with van der Waals surface area (Å²) in [5.74, 6) is 0.793. The Hall–Kier alpha value is -2.33. The summed E-state index contributed by atoms with van der Waals surface area (Å²) < 4.78 is 7.90. The lowest BCUT2D eigenvalue weighted by Gasteiger charge is -2.07. The lowest BCUT2D eigenvalue weighted by molar-refractivity contribution is 0.308. The first kappa shape index (κ1) is 13.6. The van der Waals surface area contributed by atoms with Gasteiger partial charge >= 0.3 is 0 Å². The molecule has 0 fully saturated rings. The Morgan fingerprint density at radius 2 is 2.00 bits per heavy atom. The van der Waals surface area contributed by atoms with E-state index in [1.807, 2.05) is 28.9 Å². The second-order valence-corrected chi connectivity index (χ2v) is 5.15. The molecular formula is C17H19N3O. The molecule has 0 spiro atoms. The zero-order chi connectivity index (χ0) is 14.7. The highest BCUT2D eigenvalue weighted by atomic mass is 16.5. The van der Waals surface area contributed by atoms with Crippen LogP contribution in [0.1, 0.15) is 16.8 Å². The zero-order valence-corrected chi connectivity index (χ0v) is 12.1. The molecule has 0 bridgehead atoms. The van der Waals surface area contributed by atoms with E-state index in [2.05, 4.69) is 36.2 Å². The molecule has 108 valence electrons. The van der Waals surface area contributed by atoms with E-state index < -0.39 is 0 Å². The van der Waals surface area contributed by atoms with Crippen LogP contribution in [-0.2, 0) is 13.0 Å². The number of pyridine rings is 1. The summed E-state index contributed by atoms with van der Waals surface area (Å²) in [6.07, 6.45) is 4.75. The summed E-state index contributed by atoms with van der Waals surface area (Å²) >= 11 is 0. The highest BCUT2D eigenvalue weighted by Gasteiger charge is 2.07. The molecule has 0 aliphatic carbocycles. The molecule has 2 aromatic heterocycles. The number of imidazole rings is 1. The van der Waals surface area contributed by atoms with Crippen molar-refractivity contribution in [3.63, 3.8) is 0 Å². The second kappa shape index (κ2) is 5.97. The Kier molecular flexibility index (Phi) is 3.88. The molecule has 0 aliphatic heterocycles. The molecule has 21 heavy (non-hydrogen) atoms. The lowest BCUT2D eigenvalue weighted by Crippen LogP contribution is -2.02. The molecule has 4 nitrogen and oxygen atoms in total. The largest absolute Gasteiger partial charge is 0.485 e. The van der Waals surface area contributed by atoms with Crippen LogP contribution < -0.4 is 10.5 Å². The number of nitrogens with zero attached hydrogens (tertiary/aromatic N) is 2. The smallest absolute Gasteiger partial charge is 0.179 e. The minimum atomic E-state index is 0.541. The van der Waals surface area contributed by atoms with Gasteiger partial charge in [-0.1, -0.05) is 29.8 Å². The van der Waals surface area contributed by atoms with Gasteiger partial charge in [-0.05, 0) is 31.2 Å². The number of benzene rings is 1. The molecule has 0 amide bonds. The van der Waals surface area contributed by atoms with Crippen molar-refractivity contribution in [2.24, 2.45) is 5.73 Å². The normalized spacial score (nSPS) is 11.0. The summed E-state index contributed by atoms with van der Waals surface area (Å²) in [6, 6.07) is 12.3. The molecule has 0 aliphatic rings. The predicted molar refractivity (Wildman–Crippen MR) is 83.5 cm³/mol. The number of nitrogens with two attached hydrogens (primary N) is 1. The van der Waals surface area contributed by atoms with Gasteiger partial charge in [-0.15, -0.1) is 0 Å². The molecule has 1 aromatic carbocycles. The van der Waals surface area contributed by atoms with Gasteiger partial charge in [0.1, 0.15) is 6.61 Å². The first-order chi connectivity index (χ1) is 10.3. The molecular weight excluding hydrogens is 262 g/mol. The van der Waals surface area contributed by atoms with Crippen molar-refractivity contribution >= 4 is 5.65 Å². The molecule has 2 N–H and O–H groups in total. The van der Waals surface area contributed by atoms with Crippen LogP contribution in [0.5, 0.6) is 5.75 Å². The Balaban J connectivity index is 1.81. The van der Waals surface area contributed by atoms with Crippen molar-refractivity contribution in [1.29, 1.82) is 0 Å². The van der Waals surface area contributed by atoms with E-state index in [4.69, 9.17) is 10.5 Å². The van der Waals surface area contributed by atoms with Crippen LogP contribution in [0, 0.1) is 6.92 Å². The summed E-state index contributed by atoms with van der Waals surface area (Å²) in [5, 5.41) is 0. The highest BCUT2D eigenvalue weighted by Crippen LogP contribution is 2.20. The minimum absolute atomic E-state index is 0.541. The van der Waals surface area contributed by atoms with Crippen molar-refractivity contribution in [2.75, 3.05) is 6.54 Å². The van der Waals surface area contributed by atoms with E-state index in [0.29, 0.717) is 13.2 Å². The Labute approximate surface area is 124 Å². The number of fused-ring (bicyclic) bond motifs is 1. The van der Waals surface area contributed by atoms with Gasteiger partial charge in [0.05, 0.1) is 5.69 Å². The third-order valence-electron chi connectivity index (χ3n) is 3.41. The molecule has 0 radical (unpaired) electrons. The average molecular weight is 281 g/mol. The quantitative estimate of drug-likeness (QED) is 0.782. The molecule has 3 rings (SSSR count). The van der Waals surface area contributed by atoms with Crippen LogP contribution >= 0.6 is 0 Å². The van der Waals surface area contributed by atoms with E-state index in [9.17, 15) is 0 Å². The van der Waals surface area contributed by atoms with Gasteiger partial charge in [0.2, 0.25) is 0 Å². The fourth-order valence-corrected chi connectivity index (χ4v) is 2.26. The molecule has 3 aromatic rings. The maximum Gasteiger partial charge on any atom is 0.179 e. The van der Waals surface area contributed by atoms with Crippen LogP contribution in [0.3, 0.4) is 0 Å². The minimum Gasteiger partial charge on any atom is -0.485 e. The lowest BCUT2D eigenvalue weighted by atomic mass is 10.2. The van der Waals surface area contributed by atoms with Crippen LogP contribution in [0.4, 0.5) is 0 Å². The highest BCUT2D eigenvalue weighted by molar-refractivity contribution is 5.54. The third kappa shape index (κ3) is 3.06. The number of rotatable bonds is 5. The van der Waals surface area contributed by atoms with Crippen molar-refractivity contribution in [3.8, 4) is 5.75 Å². The molecule has 0 saturated carbocycles. The predicted octanol–water partition coefficient (Wildman–Crippen LogP) is 2.72. The van der Waals surface area contributed by atoms with Crippen molar-refractivity contribution in [3.05, 3.63) is 65.6 Å². The molecule has 4 heteroatoms. The topological polar surface area (TPSA) is 52.5 Å². The summed E-state index contributed by atoms with van der Waals surface area (Å²) in [6.45, 7) is 3.22. The number of aromatic nitrogens is 2. The van der Waals surface area contributed by atoms with E-state index >= 15 is 0 Å². The Morgan fingerprint density at radius 3 is 2.76 bits per heavy atom. The van der Waals surface area contributed by atoms with Gasteiger partial charge in [-0.3, -0.25) is 0 Å². The monoisotopic (exact) mass is 281 g/mol. The average Bonchev–Trinajstić information content (AvgIpc) is 2.90. The summed E-state index contributed by atoms with van der Waals surface area (Å²) in [5.41, 5.74) is 9.82. The van der Waals surface area contributed by atoms with Crippen LogP contribution in [0.2, 0.25) is 0 Å². The SMILES string of the molecule is Cc1ccc(COc2cccn3cc(CCN)nc23)cc1. The van der Waals surface area contributed by atoms with Crippen LogP contribution in [-0.4, -0.2) is 15.9 Å². The fraction of sp³-hybridized carbons (Fsp3) is 0.235. The maximum absolute atomic E-state index is 5.92. The van der Waals surface area contributed by atoms with E-state index in [1.165, 1.54) is 5.56 Å². The van der Waals surface area contributed by atoms with Crippen molar-refractivity contribution in [1.82, 2.24) is 9.38 Å². The van der Waals surface area contributed by atoms with Gasteiger partial charge in [0.25, 0.3) is 0 Å². The van der Waals surface area contributed by atoms with E-state index in [-0.39, 0.29) is 0 Å². The molecule has 0 saturated heterocycles. The zero-order valence-electron chi connectivity index (χ0n) is 12.1. The standard InChI is InChI=1S/C17H19N3O/c1-13-4-6-14(7-5-13)12-21-16-3-2-10-20-11-15(8-9-18)19-17(16)20/h2-7,10-11H,8-9,12,18H2,1H3. The van der Waals surface area contributed by atoms with Crippen molar-refractivity contribution < 1.29 is 4.74 Å². The summed E-state index contributed by atoms with van der Waals surface area (Å²) in [7, 11) is 0. The second-order valence-electron chi connectivity index (χ2n) is 5.15.